The van der Waals surface area contributed by atoms with Gasteiger partial charge in [-0.1, -0.05) is 6.07 Å². The van der Waals surface area contributed by atoms with E-state index in [1.54, 1.807) is 24.7 Å². The Labute approximate surface area is 157 Å². The molecule has 0 unspecified atom stereocenters. The highest BCUT2D eigenvalue weighted by Crippen LogP contribution is 2.24. The number of imidazole rings is 1. The van der Waals surface area contributed by atoms with Crippen LogP contribution in [0.2, 0.25) is 0 Å². The van der Waals surface area contributed by atoms with Crippen molar-refractivity contribution in [3.8, 4) is 0 Å². The highest BCUT2D eigenvalue weighted by Gasteiger charge is 2.27. The molecular formula is C19H25N5O3. The first kappa shape index (κ1) is 18.9. The quantitative estimate of drug-likeness (QED) is 0.633. The molecule has 0 aliphatic heterocycles. The van der Waals surface area contributed by atoms with E-state index in [9.17, 15) is 14.4 Å². The Hall–Kier alpha value is -2.90. The number of aromatic amines is 1. The third-order valence-corrected chi connectivity index (χ3v) is 4.90. The van der Waals surface area contributed by atoms with E-state index in [-0.39, 0.29) is 35.0 Å². The van der Waals surface area contributed by atoms with Gasteiger partial charge in [0.2, 0.25) is 11.5 Å². The van der Waals surface area contributed by atoms with Crippen molar-refractivity contribution >= 4 is 11.8 Å². The summed E-state index contributed by atoms with van der Waals surface area (Å²) in [6.45, 7) is 1.48. The molecule has 0 aromatic carbocycles. The number of carbonyl (C=O) groups is 2. The molecule has 2 aromatic rings. The number of aromatic nitrogens is 3. The summed E-state index contributed by atoms with van der Waals surface area (Å²) in [5, 5.41) is 5.94. The molecule has 1 aliphatic carbocycles. The average Bonchev–Trinajstić information content (AvgIpc) is 3.19. The van der Waals surface area contributed by atoms with Crippen LogP contribution in [0.25, 0.3) is 0 Å². The predicted octanol–water partition coefficient (Wildman–Crippen LogP) is 1.07. The summed E-state index contributed by atoms with van der Waals surface area (Å²) in [5.74, 6) is -0.180. The Morgan fingerprint density at radius 3 is 2.74 bits per heavy atom. The maximum absolute atomic E-state index is 12.3. The van der Waals surface area contributed by atoms with E-state index in [4.69, 9.17) is 0 Å². The predicted molar refractivity (Wildman–Crippen MR) is 100 cm³/mol. The van der Waals surface area contributed by atoms with Crippen LogP contribution in [0.5, 0.6) is 0 Å². The second-order valence-corrected chi connectivity index (χ2v) is 6.90. The molecule has 3 N–H and O–H groups in total. The second-order valence-electron chi connectivity index (χ2n) is 6.90. The Balaban J connectivity index is 1.36. The topological polar surface area (TPSA) is 109 Å². The number of amides is 2. The van der Waals surface area contributed by atoms with Crippen molar-refractivity contribution in [2.45, 2.75) is 44.7 Å². The molecule has 0 radical (unpaired) electrons. The molecule has 144 valence electrons. The molecule has 2 heterocycles. The van der Waals surface area contributed by atoms with Crippen LogP contribution >= 0.6 is 0 Å². The van der Waals surface area contributed by atoms with Gasteiger partial charge < -0.3 is 20.2 Å². The minimum absolute atomic E-state index is 0.00271. The number of aryl methyl sites for hydroxylation is 1. The van der Waals surface area contributed by atoms with Crippen LogP contribution in [0.3, 0.4) is 0 Å². The zero-order chi connectivity index (χ0) is 19.1. The SMILES string of the molecule is O=C(NC1CCC(C(=O)NCCCn2ccnc2)CC1)c1cccc(=O)[nH]1. The fourth-order valence-electron chi connectivity index (χ4n) is 3.38. The lowest BCUT2D eigenvalue weighted by Crippen LogP contribution is -2.41. The van der Waals surface area contributed by atoms with E-state index in [0.717, 1.165) is 38.6 Å². The third kappa shape index (κ3) is 5.54. The molecule has 0 atom stereocenters. The molecule has 8 heteroatoms. The Bertz CT molecular complexity index is 807. The Morgan fingerprint density at radius 2 is 2.04 bits per heavy atom. The van der Waals surface area contributed by atoms with Gasteiger partial charge in [0.1, 0.15) is 5.69 Å². The van der Waals surface area contributed by atoms with Crippen molar-refractivity contribution in [1.82, 2.24) is 25.2 Å². The lowest BCUT2D eigenvalue weighted by Gasteiger charge is -2.28. The zero-order valence-corrected chi connectivity index (χ0v) is 15.2. The van der Waals surface area contributed by atoms with Crippen LogP contribution in [-0.2, 0) is 11.3 Å². The van der Waals surface area contributed by atoms with Gasteiger partial charge in [0.25, 0.3) is 5.91 Å². The van der Waals surface area contributed by atoms with Gasteiger partial charge in [0.05, 0.1) is 6.33 Å². The van der Waals surface area contributed by atoms with Gasteiger partial charge in [0.15, 0.2) is 0 Å². The first-order valence-corrected chi connectivity index (χ1v) is 9.35. The minimum Gasteiger partial charge on any atom is -0.356 e. The van der Waals surface area contributed by atoms with Crippen molar-refractivity contribution in [2.24, 2.45) is 5.92 Å². The fraction of sp³-hybridized carbons (Fsp3) is 0.474. The lowest BCUT2D eigenvalue weighted by atomic mass is 9.85. The summed E-state index contributed by atoms with van der Waals surface area (Å²) in [7, 11) is 0. The van der Waals surface area contributed by atoms with Gasteiger partial charge in [-0.3, -0.25) is 14.4 Å². The normalized spacial score (nSPS) is 19.4. The zero-order valence-electron chi connectivity index (χ0n) is 15.2. The maximum atomic E-state index is 12.3. The van der Waals surface area contributed by atoms with Crippen molar-refractivity contribution in [3.05, 3.63) is 53.0 Å². The van der Waals surface area contributed by atoms with E-state index >= 15 is 0 Å². The molecule has 2 amide bonds. The van der Waals surface area contributed by atoms with Crippen LogP contribution in [0.1, 0.15) is 42.6 Å². The number of pyridine rings is 1. The van der Waals surface area contributed by atoms with Gasteiger partial charge >= 0.3 is 0 Å². The summed E-state index contributed by atoms with van der Waals surface area (Å²) >= 11 is 0. The van der Waals surface area contributed by atoms with Gasteiger partial charge in [-0.2, -0.15) is 0 Å². The fourth-order valence-corrected chi connectivity index (χ4v) is 3.38. The molecule has 3 rings (SSSR count). The van der Waals surface area contributed by atoms with Crippen LogP contribution in [-0.4, -0.2) is 38.9 Å². The van der Waals surface area contributed by atoms with Gasteiger partial charge in [-0.25, -0.2) is 4.98 Å². The van der Waals surface area contributed by atoms with Crippen molar-refractivity contribution < 1.29 is 9.59 Å². The molecule has 0 saturated heterocycles. The Kier molecular flexibility index (Phi) is 6.40. The highest BCUT2D eigenvalue weighted by atomic mass is 16.2. The number of rotatable bonds is 7. The second kappa shape index (κ2) is 9.16. The van der Waals surface area contributed by atoms with E-state index in [1.807, 2.05) is 10.8 Å². The van der Waals surface area contributed by atoms with E-state index in [1.165, 1.54) is 6.07 Å². The first-order chi connectivity index (χ1) is 13.1. The summed E-state index contributed by atoms with van der Waals surface area (Å²) in [6.07, 6.45) is 9.30. The molecule has 0 bridgehead atoms. The third-order valence-electron chi connectivity index (χ3n) is 4.90. The van der Waals surface area contributed by atoms with Crippen molar-refractivity contribution in [3.63, 3.8) is 0 Å². The Morgan fingerprint density at radius 1 is 1.22 bits per heavy atom. The summed E-state index contributed by atoms with van der Waals surface area (Å²) in [5.41, 5.74) is -0.0312. The number of carbonyl (C=O) groups excluding carboxylic acids is 2. The minimum atomic E-state index is -0.295. The van der Waals surface area contributed by atoms with E-state index in [2.05, 4.69) is 20.6 Å². The van der Waals surface area contributed by atoms with Crippen LogP contribution in [0.15, 0.2) is 41.7 Å². The van der Waals surface area contributed by atoms with Crippen molar-refractivity contribution in [2.75, 3.05) is 6.54 Å². The number of H-pyrrole nitrogens is 1. The number of nitrogens with one attached hydrogen (secondary N) is 3. The van der Waals surface area contributed by atoms with Gasteiger partial charge in [-0.05, 0) is 38.2 Å². The molecule has 8 nitrogen and oxygen atoms in total. The largest absolute Gasteiger partial charge is 0.356 e. The maximum Gasteiger partial charge on any atom is 0.268 e. The van der Waals surface area contributed by atoms with Crippen LogP contribution < -0.4 is 16.2 Å². The van der Waals surface area contributed by atoms with Gasteiger partial charge in [-0.15, -0.1) is 0 Å². The van der Waals surface area contributed by atoms with E-state index < -0.39 is 0 Å². The van der Waals surface area contributed by atoms with Crippen molar-refractivity contribution in [1.29, 1.82) is 0 Å². The molecule has 0 spiro atoms. The monoisotopic (exact) mass is 371 g/mol. The smallest absolute Gasteiger partial charge is 0.268 e. The van der Waals surface area contributed by atoms with Gasteiger partial charge in [0, 0.05) is 43.5 Å². The molecule has 1 aliphatic rings. The standard InChI is InChI=1S/C19H25N5O3/c25-17-4-1-3-16(23-17)19(27)22-15-7-5-14(6-8-15)18(26)21-9-2-11-24-12-10-20-13-24/h1,3-4,10,12-15H,2,5-9,11H2,(H,21,26)(H,22,27)(H,23,25). The average molecular weight is 371 g/mol. The molecule has 27 heavy (non-hydrogen) atoms. The highest BCUT2D eigenvalue weighted by molar-refractivity contribution is 5.92. The number of hydrogen-bond donors (Lipinski definition) is 3. The summed E-state index contributed by atoms with van der Waals surface area (Å²) < 4.78 is 1.99. The molecule has 1 saturated carbocycles. The summed E-state index contributed by atoms with van der Waals surface area (Å²) in [4.78, 5) is 42.3. The molecule has 2 aromatic heterocycles. The van der Waals surface area contributed by atoms with Crippen LogP contribution in [0.4, 0.5) is 0 Å². The summed E-state index contributed by atoms with van der Waals surface area (Å²) in [6, 6.07) is 4.55. The lowest BCUT2D eigenvalue weighted by molar-refractivity contribution is -0.126. The molecule has 1 fully saturated rings. The first-order valence-electron chi connectivity index (χ1n) is 9.35. The van der Waals surface area contributed by atoms with Crippen LogP contribution in [0, 0.1) is 5.92 Å². The number of hydrogen-bond acceptors (Lipinski definition) is 4. The number of nitrogens with zero attached hydrogens (tertiary/aromatic N) is 2. The molecular weight excluding hydrogens is 346 g/mol. The van der Waals surface area contributed by atoms with E-state index in [0.29, 0.717) is 6.54 Å².